The maximum atomic E-state index is 13.3. The molecule has 2 nitrogen and oxygen atoms in total. The Morgan fingerprint density at radius 2 is 2.07 bits per heavy atom. The van der Waals surface area contributed by atoms with E-state index in [-0.39, 0.29) is 11.6 Å². The molecule has 0 fully saturated rings. The fraction of sp³-hybridized carbons (Fsp3) is 0.100. The molecular formula is C10H7ClF2N2. The summed E-state index contributed by atoms with van der Waals surface area (Å²) < 4.78 is 27.3. The van der Waals surface area contributed by atoms with Gasteiger partial charge in [0.25, 0.3) is 0 Å². The average molecular weight is 229 g/mol. The van der Waals surface area contributed by atoms with Crippen LogP contribution in [0, 0.1) is 11.6 Å². The van der Waals surface area contributed by atoms with Gasteiger partial charge in [0.05, 0.1) is 11.6 Å². The molecule has 1 aromatic carbocycles. The molecule has 0 amide bonds. The SMILES string of the molecule is Fc1ccc(-n2ccc(CCl)n2)c(F)c1. The van der Waals surface area contributed by atoms with Crippen molar-refractivity contribution < 1.29 is 8.78 Å². The van der Waals surface area contributed by atoms with Gasteiger partial charge >= 0.3 is 0 Å². The fourth-order valence-electron chi connectivity index (χ4n) is 1.23. The van der Waals surface area contributed by atoms with E-state index in [1.54, 1.807) is 12.3 Å². The number of aromatic nitrogens is 2. The van der Waals surface area contributed by atoms with Gasteiger partial charge in [-0.25, -0.2) is 13.5 Å². The molecule has 0 saturated carbocycles. The molecular weight excluding hydrogens is 222 g/mol. The number of hydrogen-bond donors (Lipinski definition) is 0. The standard InChI is InChI=1S/C10H7ClF2N2/c11-6-8-3-4-15(14-8)10-2-1-7(12)5-9(10)13/h1-5H,6H2. The number of benzene rings is 1. The predicted octanol–water partition coefficient (Wildman–Crippen LogP) is 2.89. The summed E-state index contributed by atoms with van der Waals surface area (Å²) in [5, 5.41) is 4.01. The van der Waals surface area contributed by atoms with Crippen molar-refractivity contribution in [2.75, 3.05) is 0 Å². The second-order valence-corrected chi connectivity index (χ2v) is 3.25. The highest BCUT2D eigenvalue weighted by Crippen LogP contribution is 2.14. The molecule has 1 heterocycles. The second-order valence-electron chi connectivity index (χ2n) is 2.98. The zero-order valence-corrected chi connectivity index (χ0v) is 8.38. The molecule has 78 valence electrons. The zero-order chi connectivity index (χ0) is 10.8. The van der Waals surface area contributed by atoms with E-state index in [4.69, 9.17) is 11.6 Å². The van der Waals surface area contributed by atoms with Gasteiger partial charge in [0.1, 0.15) is 11.5 Å². The first-order valence-electron chi connectivity index (χ1n) is 4.26. The minimum absolute atomic E-state index is 0.202. The first-order valence-corrected chi connectivity index (χ1v) is 4.80. The molecule has 0 radical (unpaired) electrons. The van der Waals surface area contributed by atoms with Crippen LogP contribution < -0.4 is 0 Å². The van der Waals surface area contributed by atoms with Gasteiger partial charge in [0, 0.05) is 12.3 Å². The fourth-order valence-corrected chi connectivity index (χ4v) is 1.38. The van der Waals surface area contributed by atoms with Crippen LogP contribution in [0.4, 0.5) is 8.78 Å². The van der Waals surface area contributed by atoms with Gasteiger partial charge in [-0.2, -0.15) is 5.10 Å². The van der Waals surface area contributed by atoms with Gasteiger partial charge in [0.2, 0.25) is 0 Å². The lowest BCUT2D eigenvalue weighted by Gasteiger charge is -2.02. The Hall–Kier alpha value is -1.42. The van der Waals surface area contributed by atoms with E-state index in [1.165, 1.54) is 16.8 Å². The van der Waals surface area contributed by atoms with Crippen molar-refractivity contribution in [1.29, 1.82) is 0 Å². The van der Waals surface area contributed by atoms with Gasteiger partial charge in [0.15, 0.2) is 5.82 Å². The minimum atomic E-state index is -0.653. The van der Waals surface area contributed by atoms with Gasteiger partial charge in [-0.05, 0) is 18.2 Å². The van der Waals surface area contributed by atoms with Crippen LogP contribution in [0.5, 0.6) is 0 Å². The molecule has 0 aliphatic heterocycles. The summed E-state index contributed by atoms with van der Waals surface area (Å²) in [4.78, 5) is 0. The van der Waals surface area contributed by atoms with E-state index in [2.05, 4.69) is 5.10 Å². The maximum absolute atomic E-state index is 13.3. The molecule has 1 aromatic heterocycles. The van der Waals surface area contributed by atoms with Crippen LogP contribution in [0.25, 0.3) is 5.69 Å². The van der Waals surface area contributed by atoms with Crippen LogP contribution in [0.3, 0.4) is 0 Å². The van der Waals surface area contributed by atoms with Crippen molar-refractivity contribution in [2.24, 2.45) is 0 Å². The van der Waals surface area contributed by atoms with Crippen molar-refractivity contribution in [2.45, 2.75) is 5.88 Å². The Balaban J connectivity index is 2.44. The van der Waals surface area contributed by atoms with Crippen LogP contribution in [-0.4, -0.2) is 9.78 Å². The lowest BCUT2D eigenvalue weighted by molar-refractivity contribution is 0.573. The molecule has 0 bridgehead atoms. The zero-order valence-electron chi connectivity index (χ0n) is 7.62. The summed E-state index contributed by atoms with van der Waals surface area (Å²) in [6.45, 7) is 0. The van der Waals surface area contributed by atoms with Crippen LogP contribution in [0.15, 0.2) is 30.5 Å². The van der Waals surface area contributed by atoms with Crippen molar-refractivity contribution in [3.63, 3.8) is 0 Å². The van der Waals surface area contributed by atoms with E-state index in [0.717, 1.165) is 6.07 Å². The summed E-state index contributed by atoms with van der Waals surface area (Å²) in [5.41, 5.74) is 0.841. The number of nitrogens with zero attached hydrogens (tertiary/aromatic N) is 2. The number of halogens is 3. The molecule has 5 heteroatoms. The first kappa shape index (κ1) is 10.1. The molecule has 0 atom stereocenters. The number of rotatable bonds is 2. The van der Waals surface area contributed by atoms with Crippen LogP contribution in [0.2, 0.25) is 0 Å². The number of hydrogen-bond acceptors (Lipinski definition) is 1. The molecule has 15 heavy (non-hydrogen) atoms. The minimum Gasteiger partial charge on any atom is -0.238 e. The quantitative estimate of drug-likeness (QED) is 0.723. The molecule has 0 N–H and O–H groups in total. The van der Waals surface area contributed by atoms with Gasteiger partial charge in [-0.3, -0.25) is 0 Å². The Morgan fingerprint density at radius 1 is 1.27 bits per heavy atom. The summed E-state index contributed by atoms with van der Waals surface area (Å²) in [6.07, 6.45) is 1.58. The monoisotopic (exact) mass is 228 g/mol. The highest BCUT2D eigenvalue weighted by molar-refractivity contribution is 6.16. The Bertz CT molecular complexity index is 482. The Kier molecular flexibility index (Phi) is 2.68. The lowest BCUT2D eigenvalue weighted by atomic mass is 10.3. The summed E-state index contributed by atoms with van der Waals surface area (Å²) >= 11 is 5.56. The van der Waals surface area contributed by atoms with Gasteiger partial charge in [-0.1, -0.05) is 0 Å². The third kappa shape index (κ3) is 1.99. The smallest absolute Gasteiger partial charge is 0.151 e. The van der Waals surface area contributed by atoms with Crippen LogP contribution in [-0.2, 0) is 5.88 Å². The number of alkyl halides is 1. The van der Waals surface area contributed by atoms with E-state index in [1.807, 2.05) is 0 Å². The van der Waals surface area contributed by atoms with Crippen molar-refractivity contribution in [3.05, 3.63) is 47.8 Å². The summed E-state index contributed by atoms with van der Waals surface area (Å²) in [7, 11) is 0. The van der Waals surface area contributed by atoms with E-state index in [9.17, 15) is 8.78 Å². The van der Waals surface area contributed by atoms with Crippen molar-refractivity contribution in [3.8, 4) is 5.69 Å². The van der Waals surface area contributed by atoms with E-state index in [0.29, 0.717) is 5.69 Å². The third-order valence-corrected chi connectivity index (χ3v) is 2.21. The van der Waals surface area contributed by atoms with E-state index < -0.39 is 11.6 Å². The Labute approximate surface area is 90.1 Å². The molecule has 0 aliphatic rings. The van der Waals surface area contributed by atoms with Gasteiger partial charge in [-0.15, -0.1) is 11.6 Å². The normalized spacial score (nSPS) is 10.6. The first-order chi connectivity index (χ1) is 7.20. The Morgan fingerprint density at radius 3 is 2.67 bits per heavy atom. The van der Waals surface area contributed by atoms with Crippen molar-refractivity contribution >= 4 is 11.6 Å². The van der Waals surface area contributed by atoms with Crippen LogP contribution in [0.1, 0.15) is 5.69 Å². The summed E-state index contributed by atoms with van der Waals surface area (Å²) in [5.74, 6) is -1.00. The molecule has 0 aliphatic carbocycles. The molecule has 0 spiro atoms. The molecule has 0 unspecified atom stereocenters. The maximum Gasteiger partial charge on any atom is 0.151 e. The van der Waals surface area contributed by atoms with Gasteiger partial charge < -0.3 is 0 Å². The van der Waals surface area contributed by atoms with Crippen molar-refractivity contribution in [1.82, 2.24) is 9.78 Å². The highest BCUT2D eigenvalue weighted by Gasteiger charge is 2.07. The largest absolute Gasteiger partial charge is 0.238 e. The second kappa shape index (κ2) is 3.98. The van der Waals surface area contributed by atoms with Crippen LogP contribution >= 0.6 is 11.6 Å². The molecule has 2 aromatic rings. The molecule has 0 saturated heterocycles. The average Bonchev–Trinajstić information content (AvgIpc) is 2.66. The third-order valence-electron chi connectivity index (χ3n) is 1.94. The molecule has 2 rings (SSSR count). The topological polar surface area (TPSA) is 17.8 Å². The summed E-state index contributed by atoms with van der Waals surface area (Å²) in [6, 6.07) is 5.00. The lowest BCUT2D eigenvalue weighted by Crippen LogP contribution is -1.99. The predicted molar refractivity (Wildman–Crippen MR) is 53.0 cm³/mol. The van der Waals surface area contributed by atoms with E-state index >= 15 is 0 Å². The highest BCUT2D eigenvalue weighted by atomic mass is 35.5.